The van der Waals surface area contributed by atoms with E-state index in [0.29, 0.717) is 6.42 Å². The maximum absolute atomic E-state index is 14.3. The molecule has 3 saturated carbocycles. The van der Waals surface area contributed by atoms with Crippen LogP contribution in [0.2, 0.25) is 0 Å². The number of hydrogen-bond donors (Lipinski definition) is 1. The first-order chi connectivity index (χ1) is 12.4. The highest BCUT2D eigenvalue weighted by Gasteiger charge is 2.60. The van der Waals surface area contributed by atoms with Gasteiger partial charge in [0.15, 0.2) is 0 Å². The first kappa shape index (κ1) is 18.6. The Balaban J connectivity index is 1.69. The number of alkyl halides is 2. The molecule has 0 aliphatic heterocycles. The predicted molar refractivity (Wildman–Crippen MR) is 89.5 cm³/mol. The van der Waals surface area contributed by atoms with Gasteiger partial charge in [-0.3, -0.25) is 4.79 Å². The second kappa shape index (κ2) is 7.60. The molecule has 0 saturated heterocycles. The van der Waals surface area contributed by atoms with Gasteiger partial charge in [-0.25, -0.2) is 13.6 Å². The fourth-order valence-electron chi connectivity index (χ4n) is 4.17. The Bertz CT molecular complexity index is 652. The monoisotopic (exact) mass is 367 g/mol. The van der Waals surface area contributed by atoms with Crippen molar-refractivity contribution in [1.29, 1.82) is 0 Å². The van der Waals surface area contributed by atoms with Crippen molar-refractivity contribution in [2.24, 2.45) is 17.8 Å². The van der Waals surface area contributed by atoms with Crippen LogP contribution in [0.3, 0.4) is 0 Å². The number of esters is 1. The molecule has 3 aliphatic rings. The van der Waals surface area contributed by atoms with Crippen LogP contribution < -0.4 is 5.32 Å². The molecule has 0 radical (unpaired) electrons. The molecule has 1 amide bonds. The molecule has 5 nitrogen and oxygen atoms in total. The number of carbonyl (C=O) groups excluding carboxylic acids is 2. The van der Waals surface area contributed by atoms with Crippen LogP contribution in [0.15, 0.2) is 30.3 Å². The molecule has 2 bridgehead atoms. The third-order valence-electron chi connectivity index (χ3n) is 5.31. The number of amides is 1. The van der Waals surface area contributed by atoms with Crippen molar-refractivity contribution in [2.45, 2.75) is 44.8 Å². The zero-order valence-corrected chi connectivity index (χ0v) is 14.6. The van der Waals surface area contributed by atoms with Crippen LogP contribution in [-0.2, 0) is 20.9 Å². The average molecular weight is 367 g/mol. The van der Waals surface area contributed by atoms with Crippen LogP contribution in [-0.4, -0.2) is 30.6 Å². The summed E-state index contributed by atoms with van der Waals surface area (Å²) >= 11 is 0. The minimum absolute atomic E-state index is 0.0357. The summed E-state index contributed by atoms with van der Waals surface area (Å²) in [6.45, 7) is 1.88. The topological polar surface area (TPSA) is 64.6 Å². The summed E-state index contributed by atoms with van der Waals surface area (Å²) < 4.78 is 38.9. The molecular weight excluding hydrogens is 344 g/mol. The highest BCUT2D eigenvalue weighted by molar-refractivity contribution is 5.76. The maximum Gasteiger partial charge on any atom is 0.407 e. The van der Waals surface area contributed by atoms with Crippen LogP contribution in [0.5, 0.6) is 0 Å². The predicted octanol–water partition coefficient (Wildman–Crippen LogP) is 3.53. The van der Waals surface area contributed by atoms with Gasteiger partial charge in [-0.1, -0.05) is 30.3 Å². The van der Waals surface area contributed by atoms with Crippen molar-refractivity contribution in [3.8, 4) is 0 Å². The number of alkyl carbamates (subject to hydrolysis) is 1. The number of rotatable bonds is 5. The molecule has 4 atom stereocenters. The summed E-state index contributed by atoms with van der Waals surface area (Å²) in [5, 5.41) is 2.52. The van der Waals surface area contributed by atoms with Crippen molar-refractivity contribution in [2.75, 3.05) is 6.61 Å². The Hall–Kier alpha value is -2.18. The summed E-state index contributed by atoms with van der Waals surface area (Å²) in [4.78, 5) is 24.5. The third kappa shape index (κ3) is 3.81. The number of nitrogens with one attached hydrogen (secondary N) is 1. The van der Waals surface area contributed by atoms with Crippen molar-refractivity contribution in [1.82, 2.24) is 5.32 Å². The van der Waals surface area contributed by atoms with Gasteiger partial charge in [-0.05, 0) is 31.2 Å². The van der Waals surface area contributed by atoms with Crippen LogP contribution in [0, 0.1) is 17.8 Å². The van der Waals surface area contributed by atoms with E-state index >= 15 is 0 Å². The van der Waals surface area contributed by atoms with Gasteiger partial charge in [0.05, 0.1) is 18.6 Å². The Labute approximate surface area is 151 Å². The van der Waals surface area contributed by atoms with Crippen molar-refractivity contribution in [3.05, 3.63) is 35.9 Å². The summed E-state index contributed by atoms with van der Waals surface area (Å²) in [6.07, 6.45) is -0.312. The molecule has 0 unspecified atom stereocenters. The number of ether oxygens (including phenoxy) is 2. The van der Waals surface area contributed by atoms with Gasteiger partial charge in [-0.2, -0.15) is 0 Å². The molecular formula is C19H23F2NO4. The first-order valence-corrected chi connectivity index (χ1v) is 8.94. The molecule has 7 heteroatoms. The lowest BCUT2D eigenvalue weighted by atomic mass is 9.60. The maximum atomic E-state index is 14.3. The standard InChI is InChI=1S/C19H23F2NO4/c1-2-25-17(23)15-13-8-9-14(19(20,21)10-13)16(15)22-18(24)26-11-12-6-4-3-5-7-12/h3-7,13-16H,2,8-11H2,1H3,(H,22,24)/t13-,14-,15-,16-/m0/s1. The molecule has 3 fully saturated rings. The second-order valence-corrected chi connectivity index (χ2v) is 6.92. The second-order valence-electron chi connectivity index (χ2n) is 6.92. The Morgan fingerprint density at radius 1 is 1.19 bits per heavy atom. The van der Waals surface area contributed by atoms with Crippen LogP contribution in [0.4, 0.5) is 13.6 Å². The van der Waals surface area contributed by atoms with Crippen molar-refractivity contribution < 1.29 is 27.8 Å². The van der Waals surface area contributed by atoms with Gasteiger partial charge in [0.2, 0.25) is 0 Å². The molecule has 142 valence electrons. The van der Waals surface area contributed by atoms with E-state index in [9.17, 15) is 18.4 Å². The normalized spacial score (nSPS) is 29.0. The first-order valence-electron chi connectivity index (χ1n) is 8.94. The van der Waals surface area contributed by atoms with Crippen LogP contribution in [0.1, 0.15) is 31.7 Å². The molecule has 1 aromatic rings. The highest BCUT2D eigenvalue weighted by atomic mass is 19.3. The van der Waals surface area contributed by atoms with Gasteiger partial charge >= 0.3 is 12.1 Å². The lowest BCUT2D eigenvalue weighted by molar-refractivity contribution is -0.184. The SMILES string of the molecule is CCOC(=O)[C@H]1[C@H]2CC[C@@H]([C@@H]1NC(=O)OCc1ccccc1)C(F)(F)C2. The summed E-state index contributed by atoms with van der Waals surface area (Å²) in [5.41, 5.74) is 0.792. The summed E-state index contributed by atoms with van der Waals surface area (Å²) in [7, 11) is 0. The largest absolute Gasteiger partial charge is 0.466 e. The lowest BCUT2D eigenvalue weighted by Crippen LogP contribution is -2.62. The minimum Gasteiger partial charge on any atom is -0.466 e. The number of fused-ring (bicyclic) bond motifs is 3. The van der Waals surface area contributed by atoms with Crippen molar-refractivity contribution in [3.63, 3.8) is 0 Å². The molecule has 3 aliphatic carbocycles. The van der Waals surface area contributed by atoms with E-state index in [0.717, 1.165) is 5.56 Å². The van der Waals surface area contributed by atoms with E-state index in [1.807, 2.05) is 18.2 Å². The van der Waals surface area contributed by atoms with E-state index < -0.39 is 41.8 Å². The quantitative estimate of drug-likeness (QED) is 0.809. The highest BCUT2D eigenvalue weighted by Crippen LogP contribution is 2.53. The molecule has 0 heterocycles. The zero-order valence-electron chi connectivity index (χ0n) is 14.6. The van der Waals surface area contributed by atoms with Crippen molar-refractivity contribution >= 4 is 12.1 Å². The van der Waals surface area contributed by atoms with Crippen LogP contribution in [0.25, 0.3) is 0 Å². The number of benzene rings is 1. The minimum atomic E-state index is -2.90. The van der Waals surface area contributed by atoms with Gasteiger partial charge in [0.1, 0.15) is 6.61 Å². The molecule has 0 spiro atoms. The van der Waals surface area contributed by atoms with E-state index in [1.165, 1.54) is 0 Å². The zero-order chi connectivity index (χ0) is 18.7. The molecule has 26 heavy (non-hydrogen) atoms. The molecule has 0 aromatic heterocycles. The van der Waals surface area contributed by atoms with Gasteiger partial charge in [-0.15, -0.1) is 0 Å². The van der Waals surface area contributed by atoms with E-state index in [1.54, 1.807) is 19.1 Å². The Morgan fingerprint density at radius 2 is 1.92 bits per heavy atom. The average Bonchev–Trinajstić information content (AvgIpc) is 2.60. The van der Waals surface area contributed by atoms with E-state index in [2.05, 4.69) is 5.32 Å². The fourth-order valence-corrected chi connectivity index (χ4v) is 4.17. The summed E-state index contributed by atoms with van der Waals surface area (Å²) in [5.74, 6) is -5.74. The number of carbonyl (C=O) groups is 2. The number of halogens is 2. The van der Waals surface area contributed by atoms with E-state index in [4.69, 9.17) is 9.47 Å². The van der Waals surface area contributed by atoms with Gasteiger partial charge in [0, 0.05) is 12.3 Å². The Kier molecular flexibility index (Phi) is 5.44. The molecule has 1 N–H and O–H groups in total. The van der Waals surface area contributed by atoms with Gasteiger partial charge < -0.3 is 14.8 Å². The molecule has 4 rings (SSSR count). The van der Waals surface area contributed by atoms with Gasteiger partial charge in [0.25, 0.3) is 5.92 Å². The smallest absolute Gasteiger partial charge is 0.407 e. The third-order valence-corrected chi connectivity index (χ3v) is 5.31. The van der Waals surface area contributed by atoms with Crippen LogP contribution >= 0.6 is 0 Å². The molecule has 1 aromatic carbocycles. The fraction of sp³-hybridized carbons (Fsp3) is 0.579. The van der Waals surface area contributed by atoms with E-state index in [-0.39, 0.29) is 26.1 Å². The summed E-state index contributed by atoms with van der Waals surface area (Å²) in [6, 6.07) is 8.09. The number of hydrogen-bond acceptors (Lipinski definition) is 4. The Morgan fingerprint density at radius 3 is 2.58 bits per heavy atom. The lowest BCUT2D eigenvalue weighted by Gasteiger charge is -2.50.